The Bertz CT molecular complexity index is 759. The molecule has 2 rings (SSSR count). The van der Waals surface area contributed by atoms with Gasteiger partial charge in [-0.2, -0.15) is 0 Å². The fourth-order valence-electron chi connectivity index (χ4n) is 1.97. The summed E-state index contributed by atoms with van der Waals surface area (Å²) in [5.74, 6) is -2.11. The third-order valence-electron chi connectivity index (χ3n) is 3.17. The normalized spacial score (nSPS) is 13.5. The maximum absolute atomic E-state index is 13.7. The molecule has 0 fully saturated rings. The van der Waals surface area contributed by atoms with Crippen molar-refractivity contribution in [3.05, 3.63) is 63.9 Å². The first-order chi connectivity index (χ1) is 10.3. The molecule has 1 amide bonds. The molecule has 1 unspecified atom stereocenters. The highest BCUT2D eigenvalue weighted by Crippen LogP contribution is 2.23. The average Bonchev–Trinajstić information content (AvgIpc) is 2.45. The van der Waals surface area contributed by atoms with Gasteiger partial charge in [-0.25, -0.2) is 8.78 Å². The van der Waals surface area contributed by atoms with Gasteiger partial charge in [0.25, 0.3) is 5.91 Å². The van der Waals surface area contributed by atoms with Crippen LogP contribution in [0.4, 0.5) is 8.78 Å². The predicted octanol–water partition coefficient (Wildman–Crippen LogP) is 2.66. The highest BCUT2D eigenvalue weighted by atomic mass is 32.1. The van der Waals surface area contributed by atoms with Crippen LogP contribution in [0, 0.1) is 16.3 Å². The monoisotopic (exact) mass is 324 g/mol. The van der Waals surface area contributed by atoms with Crippen molar-refractivity contribution in [3.63, 3.8) is 0 Å². The first kappa shape index (κ1) is 16.3. The number of pyridine rings is 1. The van der Waals surface area contributed by atoms with E-state index in [9.17, 15) is 18.7 Å². The Labute approximate surface area is 130 Å². The van der Waals surface area contributed by atoms with E-state index in [0.717, 1.165) is 12.1 Å². The van der Waals surface area contributed by atoms with E-state index in [1.54, 1.807) is 12.3 Å². The molecule has 0 saturated heterocycles. The quantitative estimate of drug-likeness (QED) is 0.758. The van der Waals surface area contributed by atoms with Gasteiger partial charge in [0.05, 0.1) is 12.1 Å². The van der Waals surface area contributed by atoms with Gasteiger partial charge < -0.3 is 15.4 Å². The molecule has 0 spiro atoms. The van der Waals surface area contributed by atoms with Gasteiger partial charge in [0, 0.05) is 17.8 Å². The number of benzene rings is 1. The van der Waals surface area contributed by atoms with Crippen LogP contribution in [0.5, 0.6) is 0 Å². The molecular formula is C15H14F2N2O2S. The maximum atomic E-state index is 13.7. The largest absolute Gasteiger partial charge is 0.383 e. The number of carbonyl (C=O) groups is 1. The molecule has 116 valence electrons. The lowest BCUT2D eigenvalue weighted by molar-refractivity contribution is 0.0494. The Morgan fingerprint density at radius 3 is 2.77 bits per heavy atom. The van der Waals surface area contributed by atoms with Crippen molar-refractivity contribution in [1.82, 2.24) is 10.3 Å². The number of hydrogen-bond acceptors (Lipinski definition) is 3. The minimum absolute atomic E-state index is 0.104. The second kappa shape index (κ2) is 6.33. The minimum Gasteiger partial charge on any atom is -0.383 e. The smallest absolute Gasteiger partial charge is 0.254 e. The number of nitrogens with one attached hydrogen (secondary N) is 2. The molecule has 1 heterocycles. The molecule has 4 nitrogen and oxygen atoms in total. The fraction of sp³-hybridized carbons (Fsp3) is 0.200. The summed E-state index contributed by atoms with van der Waals surface area (Å²) >= 11 is 4.98. The zero-order chi connectivity index (χ0) is 16.3. The molecule has 0 radical (unpaired) electrons. The molecule has 2 aromatic rings. The molecule has 0 bridgehead atoms. The Balaban J connectivity index is 2.14. The maximum Gasteiger partial charge on any atom is 0.254 e. The summed E-state index contributed by atoms with van der Waals surface area (Å²) in [4.78, 5) is 14.7. The minimum atomic E-state index is -1.69. The number of carbonyl (C=O) groups excluding carboxylic acids is 1. The van der Waals surface area contributed by atoms with Gasteiger partial charge in [0.1, 0.15) is 21.9 Å². The van der Waals surface area contributed by atoms with Crippen molar-refractivity contribution >= 4 is 18.1 Å². The van der Waals surface area contributed by atoms with Crippen molar-refractivity contribution in [2.24, 2.45) is 0 Å². The standard InChI is InChI=1S/C15H14F2N2O2S/c1-15(21,11-5-4-9(16)7-12(11)17)8-19-13(20)10-3-2-6-18-14(10)22/h2-7,21H,8H2,1H3,(H,18,22)(H,19,20). The number of halogens is 2. The Morgan fingerprint density at radius 1 is 1.41 bits per heavy atom. The summed E-state index contributed by atoms with van der Waals surface area (Å²) in [6, 6.07) is 6.01. The van der Waals surface area contributed by atoms with E-state index in [1.807, 2.05) is 0 Å². The number of rotatable bonds is 4. The Kier molecular flexibility index (Phi) is 4.68. The van der Waals surface area contributed by atoms with Gasteiger partial charge in [0.15, 0.2) is 0 Å². The summed E-state index contributed by atoms with van der Waals surface area (Å²) < 4.78 is 26.9. The van der Waals surface area contributed by atoms with E-state index in [-0.39, 0.29) is 22.3 Å². The van der Waals surface area contributed by atoms with Crippen molar-refractivity contribution in [2.45, 2.75) is 12.5 Å². The first-order valence-electron chi connectivity index (χ1n) is 6.45. The number of hydrogen-bond donors (Lipinski definition) is 3. The van der Waals surface area contributed by atoms with Crippen molar-refractivity contribution < 1.29 is 18.7 Å². The van der Waals surface area contributed by atoms with Crippen molar-refractivity contribution in [2.75, 3.05) is 6.54 Å². The van der Waals surface area contributed by atoms with Crippen LogP contribution in [0.25, 0.3) is 0 Å². The molecule has 1 aromatic heterocycles. The van der Waals surface area contributed by atoms with Gasteiger partial charge in [-0.1, -0.05) is 18.3 Å². The van der Waals surface area contributed by atoms with E-state index in [2.05, 4.69) is 10.3 Å². The fourth-order valence-corrected chi connectivity index (χ4v) is 2.20. The van der Waals surface area contributed by atoms with Crippen LogP contribution in [-0.4, -0.2) is 22.5 Å². The Morgan fingerprint density at radius 2 is 2.14 bits per heavy atom. The molecule has 0 aliphatic carbocycles. The predicted molar refractivity (Wildman–Crippen MR) is 79.9 cm³/mol. The third kappa shape index (κ3) is 3.55. The SMILES string of the molecule is CC(O)(CNC(=O)c1ccc[nH]c1=S)c1ccc(F)cc1F. The van der Waals surface area contributed by atoms with Crippen LogP contribution >= 0.6 is 12.2 Å². The highest BCUT2D eigenvalue weighted by molar-refractivity contribution is 7.71. The van der Waals surface area contributed by atoms with Crippen LogP contribution < -0.4 is 5.32 Å². The lowest BCUT2D eigenvalue weighted by Gasteiger charge is -2.24. The summed E-state index contributed by atoms with van der Waals surface area (Å²) in [6.07, 6.45) is 1.59. The number of aromatic amines is 1. The molecule has 22 heavy (non-hydrogen) atoms. The van der Waals surface area contributed by atoms with Gasteiger partial charge in [0.2, 0.25) is 0 Å². The lowest BCUT2D eigenvalue weighted by Crippen LogP contribution is -2.39. The van der Waals surface area contributed by atoms with Crippen LogP contribution in [0.3, 0.4) is 0 Å². The van der Waals surface area contributed by atoms with Crippen molar-refractivity contribution in [1.29, 1.82) is 0 Å². The number of amides is 1. The molecule has 0 aliphatic heterocycles. The van der Waals surface area contributed by atoms with E-state index < -0.39 is 23.1 Å². The van der Waals surface area contributed by atoms with E-state index in [4.69, 9.17) is 12.2 Å². The van der Waals surface area contributed by atoms with Crippen LogP contribution in [0.15, 0.2) is 36.5 Å². The van der Waals surface area contributed by atoms with Gasteiger partial charge in [-0.3, -0.25) is 4.79 Å². The molecule has 1 aromatic carbocycles. The zero-order valence-corrected chi connectivity index (χ0v) is 12.5. The Hall–Kier alpha value is -2.12. The van der Waals surface area contributed by atoms with E-state index in [0.29, 0.717) is 6.07 Å². The molecular weight excluding hydrogens is 310 g/mol. The van der Waals surface area contributed by atoms with Gasteiger partial charge in [-0.05, 0) is 25.1 Å². The van der Waals surface area contributed by atoms with E-state index >= 15 is 0 Å². The van der Waals surface area contributed by atoms with Crippen LogP contribution in [-0.2, 0) is 5.60 Å². The van der Waals surface area contributed by atoms with Crippen LogP contribution in [0.2, 0.25) is 0 Å². The molecule has 0 aliphatic rings. The second-order valence-electron chi connectivity index (χ2n) is 4.99. The van der Waals surface area contributed by atoms with Crippen molar-refractivity contribution in [3.8, 4) is 0 Å². The number of aliphatic hydroxyl groups is 1. The zero-order valence-electron chi connectivity index (χ0n) is 11.7. The average molecular weight is 324 g/mol. The lowest BCUT2D eigenvalue weighted by atomic mass is 9.95. The van der Waals surface area contributed by atoms with E-state index in [1.165, 1.54) is 13.0 Å². The summed E-state index contributed by atoms with van der Waals surface area (Å²) in [6.45, 7) is 1.08. The molecule has 1 atom stereocenters. The summed E-state index contributed by atoms with van der Waals surface area (Å²) in [5.41, 5.74) is -1.55. The number of H-pyrrole nitrogens is 1. The molecule has 0 saturated carbocycles. The summed E-state index contributed by atoms with van der Waals surface area (Å²) in [7, 11) is 0. The summed E-state index contributed by atoms with van der Waals surface area (Å²) in [5, 5.41) is 12.8. The van der Waals surface area contributed by atoms with Gasteiger partial charge >= 0.3 is 0 Å². The van der Waals surface area contributed by atoms with Gasteiger partial charge in [-0.15, -0.1) is 0 Å². The molecule has 3 N–H and O–H groups in total. The first-order valence-corrected chi connectivity index (χ1v) is 6.86. The highest BCUT2D eigenvalue weighted by Gasteiger charge is 2.27. The third-order valence-corrected chi connectivity index (χ3v) is 3.51. The van der Waals surface area contributed by atoms with Crippen LogP contribution in [0.1, 0.15) is 22.8 Å². The number of aromatic nitrogens is 1. The molecule has 7 heteroatoms. The second-order valence-corrected chi connectivity index (χ2v) is 5.40. The topological polar surface area (TPSA) is 65.1 Å².